The monoisotopic (exact) mass is 303 g/mol. The first-order valence-corrected chi connectivity index (χ1v) is 6.51. The van der Waals surface area contributed by atoms with Crippen LogP contribution in [0.4, 0.5) is 5.69 Å². The maximum Gasteiger partial charge on any atom is 0.256 e. The second kappa shape index (κ2) is 5.36. The summed E-state index contributed by atoms with van der Waals surface area (Å²) in [6.45, 7) is 4.04. The fraction of sp³-hybridized carbons (Fsp3) is 0.133. The van der Waals surface area contributed by atoms with Crippen LogP contribution in [0.15, 0.2) is 46.9 Å². The maximum atomic E-state index is 12.2. The summed E-state index contributed by atoms with van der Waals surface area (Å²) in [4.78, 5) is 12.2. The standard InChI is InChI=1S/C15H14BrNO/c1-10-6-5-9-14(11(10)2)17-15(18)12-7-3-4-8-13(12)16/h3-9H,1-2H3,(H,17,18). The van der Waals surface area contributed by atoms with Crippen LogP contribution in [0.2, 0.25) is 0 Å². The normalized spacial score (nSPS) is 10.2. The average molecular weight is 304 g/mol. The van der Waals surface area contributed by atoms with Gasteiger partial charge in [0.1, 0.15) is 0 Å². The molecule has 0 bridgehead atoms. The molecule has 0 atom stereocenters. The fourth-order valence-corrected chi connectivity index (χ4v) is 2.19. The van der Waals surface area contributed by atoms with Crippen molar-refractivity contribution in [2.24, 2.45) is 0 Å². The zero-order chi connectivity index (χ0) is 13.1. The molecule has 1 amide bonds. The predicted molar refractivity (Wildman–Crippen MR) is 78.0 cm³/mol. The van der Waals surface area contributed by atoms with Crippen LogP contribution < -0.4 is 5.32 Å². The summed E-state index contributed by atoms with van der Waals surface area (Å²) < 4.78 is 0.799. The Kier molecular flexibility index (Phi) is 3.82. The van der Waals surface area contributed by atoms with Crippen LogP contribution in [0.3, 0.4) is 0 Å². The van der Waals surface area contributed by atoms with Gasteiger partial charge in [0.05, 0.1) is 5.56 Å². The highest BCUT2D eigenvalue weighted by Gasteiger charge is 2.10. The van der Waals surface area contributed by atoms with E-state index in [4.69, 9.17) is 0 Å². The third kappa shape index (κ3) is 2.62. The lowest BCUT2D eigenvalue weighted by molar-refractivity contribution is 0.102. The van der Waals surface area contributed by atoms with Crippen LogP contribution in [0.1, 0.15) is 21.5 Å². The SMILES string of the molecule is Cc1cccc(NC(=O)c2ccccc2Br)c1C. The van der Waals surface area contributed by atoms with E-state index < -0.39 is 0 Å². The van der Waals surface area contributed by atoms with Crippen molar-refractivity contribution in [1.82, 2.24) is 0 Å². The molecule has 0 unspecified atom stereocenters. The van der Waals surface area contributed by atoms with E-state index in [-0.39, 0.29) is 5.91 Å². The van der Waals surface area contributed by atoms with E-state index in [1.807, 2.05) is 50.2 Å². The Bertz CT molecular complexity index is 593. The van der Waals surface area contributed by atoms with E-state index >= 15 is 0 Å². The highest BCUT2D eigenvalue weighted by Crippen LogP contribution is 2.21. The second-order valence-electron chi connectivity index (χ2n) is 4.18. The molecule has 2 aromatic carbocycles. The van der Waals surface area contributed by atoms with E-state index in [0.717, 1.165) is 15.7 Å². The molecule has 3 heteroatoms. The van der Waals surface area contributed by atoms with Gasteiger partial charge in [-0.25, -0.2) is 0 Å². The third-order valence-corrected chi connectivity index (χ3v) is 3.66. The van der Waals surface area contributed by atoms with E-state index in [9.17, 15) is 4.79 Å². The summed E-state index contributed by atoms with van der Waals surface area (Å²) >= 11 is 3.38. The summed E-state index contributed by atoms with van der Waals surface area (Å²) in [5, 5.41) is 2.94. The number of anilines is 1. The lowest BCUT2D eigenvalue weighted by Crippen LogP contribution is -2.13. The molecule has 0 saturated heterocycles. The lowest BCUT2D eigenvalue weighted by atomic mass is 10.1. The van der Waals surface area contributed by atoms with Gasteiger partial charge in [0.2, 0.25) is 0 Å². The largest absolute Gasteiger partial charge is 0.322 e. The smallest absolute Gasteiger partial charge is 0.256 e. The number of rotatable bonds is 2. The molecule has 0 radical (unpaired) electrons. The summed E-state index contributed by atoms with van der Waals surface area (Å²) in [6.07, 6.45) is 0. The second-order valence-corrected chi connectivity index (χ2v) is 5.04. The van der Waals surface area contributed by atoms with Crippen LogP contribution in [-0.2, 0) is 0 Å². The minimum Gasteiger partial charge on any atom is -0.322 e. The van der Waals surface area contributed by atoms with E-state index in [1.165, 1.54) is 5.56 Å². The number of hydrogen-bond donors (Lipinski definition) is 1. The van der Waals surface area contributed by atoms with Crippen LogP contribution in [0.25, 0.3) is 0 Å². The van der Waals surface area contributed by atoms with Crippen molar-refractivity contribution in [3.63, 3.8) is 0 Å². The molecule has 92 valence electrons. The van der Waals surface area contributed by atoms with Crippen molar-refractivity contribution in [3.05, 3.63) is 63.6 Å². The van der Waals surface area contributed by atoms with E-state index in [2.05, 4.69) is 21.2 Å². The zero-order valence-corrected chi connectivity index (χ0v) is 11.9. The van der Waals surface area contributed by atoms with Crippen molar-refractivity contribution >= 4 is 27.5 Å². The summed E-state index contributed by atoms with van der Waals surface area (Å²) in [5.41, 5.74) is 3.76. The van der Waals surface area contributed by atoms with Gasteiger partial charge in [-0.2, -0.15) is 0 Å². The van der Waals surface area contributed by atoms with Crippen molar-refractivity contribution in [1.29, 1.82) is 0 Å². The molecule has 0 aliphatic carbocycles. The third-order valence-electron chi connectivity index (χ3n) is 2.97. The van der Waals surface area contributed by atoms with Gasteiger partial charge in [-0.05, 0) is 59.1 Å². The molecule has 2 rings (SSSR count). The van der Waals surface area contributed by atoms with Gasteiger partial charge in [-0.3, -0.25) is 4.79 Å². The number of amides is 1. The van der Waals surface area contributed by atoms with Crippen LogP contribution in [0.5, 0.6) is 0 Å². The molecule has 2 aromatic rings. The van der Waals surface area contributed by atoms with Crippen molar-refractivity contribution in [3.8, 4) is 0 Å². The van der Waals surface area contributed by atoms with Gasteiger partial charge in [0, 0.05) is 10.2 Å². The zero-order valence-electron chi connectivity index (χ0n) is 10.3. The van der Waals surface area contributed by atoms with Crippen molar-refractivity contribution in [2.45, 2.75) is 13.8 Å². The minimum absolute atomic E-state index is 0.101. The van der Waals surface area contributed by atoms with Gasteiger partial charge in [0.25, 0.3) is 5.91 Å². The number of benzene rings is 2. The molecule has 0 spiro atoms. The number of aryl methyl sites for hydroxylation is 1. The summed E-state index contributed by atoms with van der Waals surface area (Å²) in [7, 11) is 0. The Morgan fingerprint density at radius 1 is 1.06 bits per heavy atom. The predicted octanol–water partition coefficient (Wildman–Crippen LogP) is 4.32. The fourth-order valence-electron chi connectivity index (χ4n) is 1.72. The quantitative estimate of drug-likeness (QED) is 0.879. The van der Waals surface area contributed by atoms with Gasteiger partial charge >= 0.3 is 0 Å². The summed E-state index contributed by atoms with van der Waals surface area (Å²) in [6, 6.07) is 13.3. The maximum absolute atomic E-state index is 12.2. The first kappa shape index (κ1) is 12.8. The number of nitrogens with one attached hydrogen (secondary N) is 1. The number of halogens is 1. The highest BCUT2D eigenvalue weighted by atomic mass is 79.9. The molecule has 0 aromatic heterocycles. The molecule has 0 fully saturated rings. The summed E-state index contributed by atoms with van der Waals surface area (Å²) in [5.74, 6) is -0.101. The Hall–Kier alpha value is -1.61. The molecule has 0 heterocycles. The average Bonchev–Trinajstić information content (AvgIpc) is 2.35. The molecule has 0 aliphatic heterocycles. The van der Waals surface area contributed by atoms with Crippen LogP contribution >= 0.6 is 15.9 Å². The topological polar surface area (TPSA) is 29.1 Å². The van der Waals surface area contributed by atoms with Gasteiger partial charge in [-0.15, -0.1) is 0 Å². The Morgan fingerprint density at radius 3 is 2.50 bits per heavy atom. The molecule has 0 aliphatic rings. The van der Waals surface area contributed by atoms with Gasteiger partial charge in [-0.1, -0.05) is 24.3 Å². The van der Waals surface area contributed by atoms with Crippen molar-refractivity contribution < 1.29 is 4.79 Å². The molecule has 0 saturated carbocycles. The van der Waals surface area contributed by atoms with E-state index in [0.29, 0.717) is 5.56 Å². The van der Waals surface area contributed by atoms with Gasteiger partial charge < -0.3 is 5.32 Å². The Balaban J connectivity index is 2.27. The number of carbonyl (C=O) groups is 1. The highest BCUT2D eigenvalue weighted by molar-refractivity contribution is 9.10. The Labute approximate surface area is 115 Å². The Morgan fingerprint density at radius 2 is 1.78 bits per heavy atom. The first-order valence-electron chi connectivity index (χ1n) is 5.71. The molecular formula is C15H14BrNO. The van der Waals surface area contributed by atoms with E-state index in [1.54, 1.807) is 6.07 Å². The van der Waals surface area contributed by atoms with Crippen molar-refractivity contribution in [2.75, 3.05) is 5.32 Å². The number of carbonyl (C=O) groups excluding carboxylic acids is 1. The minimum atomic E-state index is -0.101. The van der Waals surface area contributed by atoms with Crippen LogP contribution in [0, 0.1) is 13.8 Å². The lowest BCUT2D eigenvalue weighted by Gasteiger charge is -2.11. The van der Waals surface area contributed by atoms with Gasteiger partial charge in [0.15, 0.2) is 0 Å². The molecule has 1 N–H and O–H groups in total. The molecular weight excluding hydrogens is 290 g/mol. The van der Waals surface area contributed by atoms with Crippen LogP contribution in [-0.4, -0.2) is 5.91 Å². The number of hydrogen-bond acceptors (Lipinski definition) is 1. The first-order chi connectivity index (χ1) is 8.59. The molecule has 2 nitrogen and oxygen atoms in total. The molecule has 18 heavy (non-hydrogen) atoms.